The van der Waals surface area contributed by atoms with E-state index in [-0.39, 0.29) is 11.1 Å². The fourth-order valence-electron chi connectivity index (χ4n) is 2.14. The number of hydrogen-bond donors (Lipinski definition) is 2. The van der Waals surface area contributed by atoms with E-state index in [9.17, 15) is 4.39 Å². The van der Waals surface area contributed by atoms with E-state index < -0.39 is 5.82 Å². The summed E-state index contributed by atoms with van der Waals surface area (Å²) in [5, 5.41) is 0.137. The molecule has 2 rings (SSSR count). The van der Waals surface area contributed by atoms with Crippen molar-refractivity contribution in [2.24, 2.45) is 5.84 Å². The Kier molecular flexibility index (Phi) is 6.06. The van der Waals surface area contributed by atoms with Crippen molar-refractivity contribution in [3.8, 4) is 0 Å². The van der Waals surface area contributed by atoms with Gasteiger partial charge >= 0.3 is 0 Å². The standard InChI is InChI=1S/C16H18ClFN2S/c1-2-21-13-6-4-12(5-7-13)16(20-19)10-11-3-8-15(18)14(17)9-11/h3-9,16,20H,2,10,19H2,1H3. The first-order valence-corrected chi connectivity index (χ1v) is 8.13. The first kappa shape index (κ1) is 16.3. The Morgan fingerprint density at radius 3 is 2.52 bits per heavy atom. The largest absolute Gasteiger partial charge is 0.271 e. The maximum Gasteiger partial charge on any atom is 0.141 e. The second-order valence-electron chi connectivity index (χ2n) is 4.67. The molecule has 21 heavy (non-hydrogen) atoms. The van der Waals surface area contributed by atoms with Crippen molar-refractivity contribution in [3.05, 3.63) is 64.4 Å². The zero-order valence-electron chi connectivity index (χ0n) is 11.8. The van der Waals surface area contributed by atoms with Crippen molar-refractivity contribution in [2.45, 2.75) is 24.3 Å². The second-order valence-corrected chi connectivity index (χ2v) is 6.42. The van der Waals surface area contributed by atoms with E-state index in [2.05, 4.69) is 36.6 Å². The van der Waals surface area contributed by atoms with Crippen LogP contribution in [0.1, 0.15) is 24.1 Å². The third kappa shape index (κ3) is 4.45. The molecule has 0 saturated carbocycles. The molecule has 0 aliphatic carbocycles. The van der Waals surface area contributed by atoms with Crippen molar-refractivity contribution in [2.75, 3.05) is 5.75 Å². The Hall–Kier alpha value is -1.07. The lowest BCUT2D eigenvalue weighted by atomic mass is 9.99. The highest BCUT2D eigenvalue weighted by atomic mass is 35.5. The van der Waals surface area contributed by atoms with E-state index >= 15 is 0 Å². The molecule has 3 N–H and O–H groups in total. The van der Waals surface area contributed by atoms with Gasteiger partial charge in [0.05, 0.1) is 5.02 Å². The molecule has 0 aliphatic rings. The molecule has 2 aromatic rings. The van der Waals surface area contributed by atoms with Crippen LogP contribution in [0.2, 0.25) is 5.02 Å². The molecule has 0 radical (unpaired) electrons. The minimum atomic E-state index is -0.404. The normalized spacial score (nSPS) is 12.4. The highest BCUT2D eigenvalue weighted by molar-refractivity contribution is 7.99. The van der Waals surface area contributed by atoms with Gasteiger partial charge in [-0.2, -0.15) is 0 Å². The maximum atomic E-state index is 13.2. The van der Waals surface area contributed by atoms with Crippen LogP contribution < -0.4 is 11.3 Å². The van der Waals surface area contributed by atoms with Gasteiger partial charge in [0, 0.05) is 10.9 Å². The third-order valence-electron chi connectivity index (χ3n) is 3.22. The molecule has 2 nitrogen and oxygen atoms in total. The zero-order valence-corrected chi connectivity index (χ0v) is 13.3. The van der Waals surface area contributed by atoms with Gasteiger partial charge in [-0.05, 0) is 47.6 Å². The lowest BCUT2D eigenvalue weighted by Gasteiger charge is -2.17. The van der Waals surface area contributed by atoms with Gasteiger partial charge in [-0.15, -0.1) is 11.8 Å². The van der Waals surface area contributed by atoms with Gasteiger partial charge < -0.3 is 0 Å². The van der Waals surface area contributed by atoms with Crippen LogP contribution in [-0.4, -0.2) is 5.75 Å². The monoisotopic (exact) mass is 324 g/mol. The summed E-state index contributed by atoms with van der Waals surface area (Å²) in [6.45, 7) is 2.13. The molecule has 112 valence electrons. The van der Waals surface area contributed by atoms with Gasteiger partial charge in [0.15, 0.2) is 0 Å². The van der Waals surface area contributed by atoms with Crippen LogP contribution in [0, 0.1) is 5.82 Å². The Morgan fingerprint density at radius 1 is 1.24 bits per heavy atom. The van der Waals surface area contributed by atoms with Crippen LogP contribution in [0.4, 0.5) is 4.39 Å². The quantitative estimate of drug-likeness (QED) is 0.471. The molecule has 5 heteroatoms. The van der Waals surface area contributed by atoms with Crippen LogP contribution >= 0.6 is 23.4 Å². The fourth-order valence-corrected chi connectivity index (χ4v) is 3.00. The topological polar surface area (TPSA) is 38.0 Å². The molecule has 0 amide bonds. The number of thioether (sulfide) groups is 1. The predicted octanol–water partition coefficient (Wildman–Crippen LogP) is 4.34. The number of hydrogen-bond acceptors (Lipinski definition) is 3. The van der Waals surface area contributed by atoms with Crippen molar-refractivity contribution in [1.29, 1.82) is 0 Å². The number of nitrogens with two attached hydrogens (primary N) is 1. The van der Waals surface area contributed by atoms with Gasteiger partial charge in [-0.1, -0.05) is 36.7 Å². The number of benzene rings is 2. The summed E-state index contributed by atoms with van der Waals surface area (Å²) in [6.07, 6.45) is 0.650. The molecular formula is C16H18ClFN2S. The van der Waals surface area contributed by atoms with Crippen LogP contribution in [0.5, 0.6) is 0 Å². The van der Waals surface area contributed by atoms with Crippen molar-refractivity contribution < 1.29 is 4.39 Å². The number of halogens is 2. The summed E-state index contributed by atoms with van der Waals surface area (Å²) in [6, 6.07) is 13.0. The molecule has 1 atom stereocenters. The van der Waals surface area contributed by atoms with Crippen molar-refractivity contribution in [1.82, 2.24) is 5.43 Å². The summed E-state index contributed by atoms with van der Waals surface area (Å²) in [5.74, 6) is 6.30. The number of rotatable bonds is 6. The Morgan fingerprint density at radius 2 is 1.95 bits per heavy atom. The Labute approximate surface area is 133 Å². The van der Waals surface area contributed by atoms with E-state index in [0.717, 1.165) is 16.9 Å². The van der Waals surface area contributed by atoms with Gasteiger partial charge in [-0.25, -0.2) is 4.39 Å². The average molecular weight is 325 g/mol. The minimum Gasteiger partial charge on any atom is -0.271 e. The Bertz CT molecular complexity index is 589. The van der Waals surface area contributed by atoms with Crippen LogP contribution in [0.15, 0.2) is 47.4 Å². The molecule has 0 aromatic heterocycles. The smallest absolute Gasteiger partial charge is 0.141 e. The van der Waals surface area contributed by atoms with E-state index in [0.29, 0.717) is 6.42 Å². The second kappa shape index (κ2) is 7.80. The van der Waals surface area contributed by atoms with Crippen LogP contribution in [0.25, 0.3) is 0 Å². The van der Waals surface area contributed by atoms with E-state index in [4.69, 9.17) is 17.4 Å². The molecule has 1 unspecified atom stereocenters. The molecule has 0 saturated heterocycles. The lowest BCUT2D eigenvalue weighted by Crippen LogP contribution is -2.29. The molecule has 0 spiro atoms. The van der Waals surface area contributed by atoms with E-state index in [1.807, 2.05) is 0 Å². The first-order chi connectivity index (χ1) is 10.1. The molecule has 2 aromatic carbocycles. The summed E-state index contributed by atoms with van der Waals surface area (Å²) in [5.41, 5.74) is 4.85. The molecule has 0 aliphatic heterocycles. The highest BCUT2D eigenvalue weighted by Crippen LogP contribution is 2.24. The lowest BCUT2D eigenvalue weighted by molar-refractivity contribution is 0.550. The summed E-state index contributed by atoms with van der Waals surface area (Å²) >= 11 is 7.61. The minimum absolute atomic E-state index is 0.0350. The third-order valence-corrected chi connectivity index (χ3v) is 4.40. The molecule has 0 bridgehead atoms. The van der Waals surface area contributed by atoms with Crippen LogP contribution in [0.3, 0.4) is 0 Å². The van der Waals surface area contributed by atoms with E-state index in [1.165, 1.54) is 11.0 Å². The predicted molar refractivity (Wildman–Crippen MR) is 88.0 cm³/mol. The Balaban J connectivity index is 2.13. The highest BCUT2D eigenvalue weighted by Gasteiger charge is 2.12. The molecule has 0 fully saturated rings. The number of nitrogens with one attached hydrogen (secondary N) is 1. The molecular weight excluding hydrogens is 307 g/mol. The van der Waals surface area contributed by atoms with Crippen molar-refractivity contribution >= 4 is 23.4 Å². The maximum absolute atomic E-state index is 13.2. The summed E-state index contributed by atoms with van der Waals surface area (Å²) in [7, 11) is 0. The summed E-state index contributed by atoms with van der Waals surface area (Å²) < 4.78 is 13.2. The van der Waals surface area contributed by atoms with Crippen molar-refractivity contribution in [3.63, 3.8) is 0 Å². The average Bonchev–Trinajstić information content (AvgIpc) is 2.50. The SMILES string of the molecule is CCSc1ccc(C(Cc2ccc(F)c(Cl)c2)NN)cc1. The number of hydrazine groups is 1. The first-order valence-electron chi connectivity index (χ1n) is 6.77. The van der Waals surface area contributed by atoms with Gasteiger partial charge in [0.1, 0.15) is 5.82 Å². The van der Waals surface area contributed by atoms with Gasteiger partial charge in [0.25, 0.3) is 0 Å². The fraction of sp³-hybridized carbons (Fsp3) is 0.250. The van der Waals surface area contributed by atoms with Gasteiger partial charge in [0.2, 0.25) is 0 Å². The van der Waals surface area contributed by atoms with Gasteiger partial charge in [-0.3, -0.25) is 11.3 Å². The van der Waals surface area contributed by atoms with Crippen LogP contribution in [-0.2, 0) is 6.42 Å². The molecule has 0 heterocycles. The zero-order chi connectivity index (χ0) is 15.2. The summed E-state index contributed by atoms with van der Waals surface area (Å²) in [4.78, 5) is 1.24. The van der Waals surface area contributed by atoms with E-state index in [1.54, 1.807) is 23.9 Å².